The zero-order valence-corrected chi connectivity index (χ0v) is 10.5. The number of ether oxygens (including phenoxy) is 1. The van der Waals surface area contributed by atoms with Crippen LogP contribution in [0.5, 0.6) is 5.75 Å². The second-order valence-electron chi connectivity index (χ2n) is 4.20. The lowest BCUT2D eigenvalue weighted by Crippen LogP contribution is -2.03. The number of nitrogen functional groups attached to an aromatic ring is 1. The molecule has 0 aliphatic rings. The van der Waals surface area contributed by atoms with Crippen molar-refractivity contribution in [2.75, 3.05) is 19.4 Å². The van der Waals surface area contributed by atoms with Crippen molar-refractivity contribution < 1.29 is 4.74 Å². The summed E-state index contributed by atoms with van der Waals surface area (Å²) in [4.78, 5) is 0. The first-order valence-electron chi connectivity index (χ1n) is 5.97. The first kappa shape index (κ1) is 12.5. The number of benzene rings is 2. The first-order chi connectivity index (χ1) is 8.74. The van der Waals surface area contributed by atoms with E-state index in [1.54, 1.807) is 7.11 Å². The minimum absolute atomic E-state index is 0.646. The van der Waals surface area contributed by atoms with Gasteiger partial charge in [-0.3, -0.25) is 0 Å². The maximum absolute atomic E-state index is 5.71. The lowest BCUT2D eigenvalue weighted by molar-refractivity contribution is 0.416. The molecule has 3 heteroatoms. The van der Waals surface area contributed by atoms with Gasteiger partial charge in [0.15, 0.2) is 0 Å². The van der Waals surface area contributed by atoms with Crippen molar-refractivity contribution in [2.24, 2.45) is 5.73 Å². The van der Waals surface area contributed by atoms with Crippen molar-refractivity contribution in [1.29, 1.82) is 0 Å². The van der Waals surface area contributed by atoms with E-state index in [9.17, 15) is 0 Å². The molecule has 94 valence electrons. The van der Waals surface area contributed by atoms with Crippen LogP contribution in [0.4, 0.5) is 5.69 Å². The molecular weight excluding hydrogens is 224 g/mol. The molecule has 0 atom stereocenters. The zero-order valence-electron chi connectivity index (χ0n) is 10.5. The fourth-order valence-electron chi connectivity index (χ4n) is 1.97. The quantitative estimate of drug-likeness (QED) is 0.809. The van der Waals surface area contributed by atoms with Crippen LogP contribution < -0.4 is 16.2 Å². The summed E-state index contributed by atoms with van der Waals surface area (Å²) in [6, 6.07) is 13.9. The highest BCUT2D eigenvalue weighted by Gasteiger charge is 2.06. The number of hydrogen-bond donors (Lipinski definition) is 2. The predicted octanol–water partition coefficient (Wildman–Crippen LogP) is 2.45. The number of rotatable bonds is 4. The maximum atomic E-state index is 5.71. The van der Waals surface area contributed by atoms with Crippen molar-refractivity contribution >= 4 is 5.69 Å². The van der Waals surface area contributed by atoms with Crippen LogP contribution in [0.1, 0.15) is 5.56 Å². The van der Waals surface area contributed by atoms with Crippen LogP contribution in [0.15, 0.2) is 42.5 Å². The summed E-state index contributed by atoms with van der Waals surface area (Å²) < 4.78 is 5.40. The molecule has 0 aromatic heterocycles. The van der Waals surface area contributed by atoms with Crippen LogP contribution in [-0.4, -0.2) is 13.7 Å². The highest BCUT2D eigenvalue weighted by Crippen LogP contribution is 2.31. The fraction of sp³-hybridized carbons (Fsp3) is 0.200. The third-order valence-electron chi connectivity index (χ3n) is 2.92. The Bertz CT molecular complexity index is 521. The van der Waals surface area contributed by atoms with Gasteiger partial charge in [0.25, 0.3) is 0 Å². The topological polar surface area (TPSA) is 61.3 Å². The SMILES string of the molecule is COc1ccc(CCN)cc1-c1ccc(N)cc1. The monoisotopic (exact) mass is 242 g/mol. The van der Waals surface area contributed by atoms with E-state index in [2.05, 4.69) is 6.07 Å². The van der Waals surface area contributed by atoms with Gasteiger partial charge in [-0.25, -0.2) is 0 Å². The van der Waals surface area contributed by atoms with Gasteiger partial charge in [-0.1, -0.05) is 18.2 Å². The van der Waals surface area contributed by atoms with Crippen LogP contribution >= 0.6 is 0 Å². The molecule has 2 aromatic rings. The molecular formula is C15H18N2O. The van der Waals surface area contributed by atoms with Crippen molar-refractivity contribution in [1.82, 2.24) is 0 Å². The molecule has 0 amide bonds. The standard InChI is InChI=1S/C15H18N2O/c1-18-15-7-2-11(8-9-16)10-14(15)12-3-5-13(17)6-4-12/h2-7,10H,8-9,16-17H2,1H3. The molecule has 0 aliphatic heterocycles. The number of nitrogens with two attached hydrogens (primary N) is 2. The lowest BCUT2D eigenvalue weighted by atomic mass is 10.0. The smallest absolute Gasteiger partial charge is 0.126 e. The van der Waals surface area contributed by atoms with E-state index >= 15 is 0 Å². The largest absolute Gasteiger partial charge is 0.496 e. The number of methoxy groups -OCH3 is 1. The highest BCUT2D eigenvalue weighted by molar-refractivity contribution is 5.72. The summed E-state index contributed by atoms with van der Waals surface area (Å²) in [7, 11) is 1.68. The van der Waals surface area contributed by atoms with Crippen LogP contribution in [-0.2, 0) is 6.42 Å². The Kier molecular flexibility index (Phi) is 3.85. The second kappa shape index (κ2) is 5.56. The molecule has 18 heavy (non-hydrogen) atoms. The lowest BCUT2D eigenvalue weighted by Gasteiger charge is -2.11. The Morgan fingerprint density at radius 1 is 1.06 bits per heavy atom. The average molecular weight is 242 g/mol. The molecule has 2 rings (SSSR count). The predicted molar refractivity (Wildman–Crippen MR) is 75.6 cm³/mol. The Balaban J connectivity index is 2.46. The van der Waals surface area contributed by atoms with Crippen LogP contribution in [0, 0.1) is 0 Å². The summed E-state index contributed by atoms with van der Waals surface area (Å²) >= 11 is 0. The van der Waals surface area contributed by atoms with Gasteiger partial charge in [0.05, 0.1) is 7.11 Å². The minimum Gasteiger partial charge on any atom is -0.496 e. The van der Waals surface area contributed by atoms with Gasteiger partial charge in [0, 0.05) is 11.3 Å². The molecule has 0 fully saturated rings. The Hall–Kier alpha value is -2.00. The Morgan fingerprint density at radius 3 is 2.39 bits per heavy atom. The van der Waals surface area contributed by atoms with E-state index in [0.717, 1.165) is 29.0 Å². The van der Waals surface area contributed by atoms with Gasteiger partial charge in [0.1, 0.15) is 5.75 Å². The molecule has 0 bridgehead atoms. The van der Waals surface area contributed by atoms with Gasteiger partial charge in [0.2, 0.25) is 0 Å². The normalized spacial score (nSPS) is 10.3. The number of hydrogen-bond acceptors (Lipinski definition) is 3. The molecule has 0 unspecified atom stereocenters. The molecule has 2 aromatic carbocycles. The van der Waals surface area contributed by atoms with E-state index in [1.807, 2.05) is 36.4 Å². The molecule has 0 radical (unpaired) electrons. The van der Waals surface area contributed by atoms with E-state index in [0.29, 0.717) is 6.54 Å². The zero-order chi connectivity index (χ0) is 13.0. The highest BCUT2D eigenvalue weighted by atomic mass is 16.5. The van der Waals surface area contributed by atoms with Crippen LogP contribution in [0.2, 0.25) is 0 Å². The summed E-state index contributed by atoms with van der Waals surface area (Å²) in [5, 5.41) is 0. The van der Waals surface area contributed by atoms with Crippen LogP contribution in [0.3, 0.4) is 0 Å². The van der Waals surface area contributed by atoms with Crippen molar-refractivity contribution in [3.63, 3.8) is 0 Å². The van der Waals surface area contributed by atoms with Gasteiger partial charge >= 0.3 is 0 Å². The molecule has 0 saturated carbocycles. The third kappa shape index (κ3) is 2.63. The molecule has 0 aliphatic carbocycles. The summed E-state index contributed by atoms with van der Waals surface area (Å²) in [5.74, 6) is 0.862. The van der Waals surface area contributed by atoms with Gasteiger partial charge < -0.3 is 16.2 Å². The van der Waals surface area contributed by atoms with Gasteiger partial charge in [-0.15, -0.1) is 0 Å². The molecule has 3 nitrogen and oxygen atoms in total. The molecule has 0 saturated heterocycles. The number of anilines is 1. The van der Waals surface area contributed by atoms with Crippen molar-refractivity contribution in [3.8, 4) is 16.9 Å². The van der Waals surface area contributed by atoms with Crippen LogP contribution in [0.25, 0.3) is 11.1 Å². The summed E-state index contributed by atoms with van der Waals surface area (Å²) in [6.45, 7) is 0.646. The minimum atomic E-state index is 0.646. The van der Waals surface area contributed by atoms with Gasteiger partial charge in [-0.05, 0) is 48.4 Å². The second-order valence-corrected chi connectivity index (χ2v) is 4.20. The van der Waals surface area contributed by atoms with E-state index in [4.69, 9.17) is 16.2 Å². The Morgan fingerprint density at radius 2 is 1.78 bits per heavy atom. The third-order valence-corrected chi connectivity index (χ3v) is 2.92. The first-order valence-corrected chi connectivity index (χ1v) is 5.97. The Labute approximate surface area is 107 Å². The van der Waals surface area contributed by atoms with Crippen molar-refractivity contribution in [2.45, 2.75) is 6.42 Å². The summed E-state index contributed by atoms with van der Waals surface area (Å²) in [5.41, 5.74) is 15.4. The summed E-state index contributed by atoms with van der Waals surface area (Å²) in [6.07, 6.45) is 0.867. The van der Waals surface area contributed by atoms with E-state index in [-0.39, 0.29) is 0 Å². The fourth-order valence-corrected chi connectivity index (χ4v) is 1.97. The molecule has 0 spiro atoms. The average Bonchev–Trinajstić information content (AvgIpc) is 2.40. The van der Waals surface area contributed by atoms with Gasteiger partial charge in [-0.2, -0.15) is 0 Å². The molecule has 4 N–H and O–H groups in total. The van der Waals surface area contributed by atoms with E-state index in [1.165, 1.54) is 5.56 Å². The maximum Gasteiger partial charge on any atom is 0.126 e. The molecule has 0 heterocycles. The van der Waals surface area contributed by atoms with Crippen molar-refractivity contribution in [3.05, 3.63) is 48.0 Å². The van der Waals surface area contributed by atoms with E-state index < -0.39 is 0 Å².